The van der Waals surface area contributed by atoms with Gasteiger partial charge in [-0.3, -0.25) is 4.79 Å². The lowest BCUT2D eigenvalue weighted by Crippen LogP contribution is -2.45. The third kappa shape index (κ3) is 5.76. The Labute approximate surface area is 141 Å². The number of benzene rings is 2. The Kier molecular flexibility index (Phi) is 6.83. The number of rotatable bonds is 8. The number of ether oxygens (including phenoxy) is 2. The summed E-state index contributed by atoms with van der Waals surface area (Å²) in [5.41, 5.74) is 0.944. The van der Waals surface area contributed by atoms with Crippen molar-refractivity contribution in [2.75, 3.05) is 13.2 Å². The van der Waals surface area contributed by atoms with Crippen LogP contribution < -0.4 is 10.1 Å². The number of nitrogens with one attached hydrogen (secondary N) is 1. The van der Waals surface area contributed by atoms with Crippen LogP contribution in [0, 0.1) is 0 Å². The van der Waals surface area contributed by atoms with Crippen LogP contribution in [0.15, 0.2) is 60.7 Å². The summed E-state index contributed by atoms with van der Waals surface area (Å²) in [5, 5.41) is 2.68. The Bertz CT molecular complexity index is 643. The molecule has 2 rings (SSSR count). The molecule has 0 spiro atoms. The van der Waals surface area contributed by atoms with Crippen molar-refractivity contribution < 1.29 is 19.1 Å². The first kappa shape index (κ1) is 17.5. The Morgan fingerprint density at radius 2 is 1.62 bits per heavy atom. The van der Waals surface area contributed by atoms with Gasteiger partial charge in [-0.1, -0.05) is 48.5 Å². The minimum absolute atomic E-state index is 0.158. The summed E-state index contributed by atoms with van der Waals surface area (Å²) in [7, 11) is 0. The van der Waals surface area contributed by atoms with Gasteiger partial charge in [-0.2, -0.15) is 0 Å². The molecule has 0 heterocycles. The fourth-order valence-corrected chi connectivity index (χ4v) is 2.19. The summed E-state index contributed by atoms with van der Waals surface area (Å²) in [6.07, 6.45) is 0.372. The molecule has 0 aliphatic carbocycles. The topological polar surface area (TPSA) is 64.6 Å². The predicted molar refractivity (Wildman–Crippen MR) is 90.6 cm³/mol. The third-order valence-corrected chi connectivity index (χ3v) is 3.30. The number of amides is 1. The standard InChI is InChI=1S/C19H21NO4/c1-2-23-19(22)17(13-15-9-5-3-6-10-15)20-18(21)14-24-16-11-7-4-8-12-16/h3-12,17H,2,13-14H2,1H3,(H,20,21). The van der Waals surface area contributed by atoms with E-state index in [1.165, 1.54) is 0 Å². The molecule has 0 saturated carbocycles. The number of carbonyl (C=O) groups excluding carboxylic acids is 2. The van der Waals surface area contributed by atoms with Crippen molar-refractivity contribution in [3.63, 3.8) is 0 Å². The van der Waals surface area contributed by atoms with E-state index in [1.54, 1.807) is 19.1 Å². The van der Waals surface area contributed by atoms with Crippen LogP contribution >= 0.6 is 0 Å². The molecule has 1 unspecified atom stereocenters. The monoisotopic (exact) mass is 327 g/mol. The van der Waals surface area contributed by atoms with Gasteiger partial charge in [0.05, 0.1) is 6.61 Å². The van der Waals surface area contributed by atoms with E-state index in [2.05, 4.69) is 5.32 Å². The summed E-state index contributed by atoms with van der Waals surface area (Å²) < 4.78 is 10.4. The molecule has 1 N–H and O–H groups in total. The molecule has 0 fully saturated rings. The maximum atomic E-state index is 12.1. The zero-order valence-electron chi connectivity index (χ0n) is 13.6. The molecule has 24 heavy (non-hydrogen) atoms. The Balaban J connectivity index is 1.93. The van der Waals surface area contributed by atoms with E-state index in [4.69, 9.17) is 9.47 Å². The van der Waals surface area contributed by atoms with E-state index < -0.39 is 12.0 Å². The molecule has 1 atom stereocenters. The summed E-state index contributed by atoms with van der Waals surface area (Å²) >= 11 is 0. The minimum atomic E-state index is -0.737. The van der Waals surface area contributed by atoms with E-state index >= 15 is 0 Å². The second-order valence-corrected chi connectivity index (χ2v) is 5.16. The molecule has 0 saturated heterocycles. The van der Waals surface area contributed by atoms with E-state index in [0.717, 1.165) is 5.56 Å². The zero-order chi connectivity index (χ0) is 17.2. The number of carbonyl (C=O) groups is 2. The van der Waals surface area contributed by atoms with Gasteiger partial charge in [-0.05, 0) is 24.6 Å². The first-order valence-corrected chi connectivity index (χ1v) is 7.87. The van der Waals surface area contributed by atoms with Crippen molar-refractivity contribution in [3.05, 3.63) is 66.2 Å². The number of hydrogen-bond acceptors (Lipinski definition) is 4. The predicted octanol–water partition coefficient (Wildman–Crippen LogP) is 2.36. The maximum absolute atomic E-state index is 12.1. The molecule has 0 radical (unpaired) electrons. The van der Waals surface area contributed by atoms with Crippen molar-refractivity contribution in [1.82, 2.24) is 5.32 Å². The van der Waals surface area contributed by atoms with E-state index in [1.807, 2.05) is 48.5 Å². The Hall–Kier alpha value is -2.82. The highest BCUT2D eigenvalue weighted by molar-refractivity contribution is 5.85. The SMILES string of the molecule is CCOC(=O)C(Cc1ccccc1)NC(=O)COc1ccccc1. The number of esters is 1. The average molecular weight is 327 g/mol. The molecule has 0 bridgehead atoms. The molecule has 5 nitrogen and oxygen atoms in total. The van der Waals surface area contributed by atoms with Gasteiger partial charge in [-0.15, -0.1) is 0 Å². The summed E-state index contributed by atoms with van der Waals surface area (Å²) in [6, 6.07) is 17.8. The maximum Gasteiger partial charge on any atom is 0.328 e. The zero-order valence-corrected chi connectivity index (χ0v) is 13.6. The second-order valence-electron chi connectivity index (χ2n) is 5.16. The van der Waals surface area contributed by atoms with E-state index in [-0.39, 0.29) is 19.1 Å². The molecular formula is C19H21NO4. The van der Waals surface area contributed by atoms with Crippen LogP contribution in [-0.4, -0.2) is 31.1 Å². The normalized spacial score (nSPS) is 11.4. The van der Waals surface area contributed by atoms with Gasteiger partial charge < -0.3 is 14.8 Å². The van der Waals surface area contributed by atoms with Gasteiger partial charge >= 0.3 is 5.97 Å². The van der Waals surface area contributed by atoms with Crippen molar-refractivity contribution >= 4 is 11.9 Å². The molecule has 1 amide bonds. The van der Waals surface area contributed by atoms with Crippen LogP contribution in [0.2, 0.25) is 0 Å². The number of para-hydroxylation sites is 1. The van der Waals surface area contributed by atoms with Crippen LogP contribution in [0.5, 0.6) is 5.75 Å². The molecule has 2 aromatic rings. The second kappa shape index (κ2) is 9.35. The average Bonchev–Trinajstić information content (AvgIpc) is 2.61. The van der Waals surface area contributed by atoms with Crippen molar-refractivity contribution in [3.8, 4) is 5.75 Å². The van der Waals surface area contributed by atoms with Crippen LogP contribution in [0.1, 0.15) is 12.5 Å². The fraction of sp³-hybridized carbons (Fsp3) is 0.263. The lowest BCUT2D eigenvalue weighted by atomic mass is 10.1. The van der Waals surface area contributed by atoms with Gasteiger partial charge in [0.15, 0.2) is 6.61 Å². The van der Waals surface area contributed by atoms with Crippen molar-refractivity contribution in [1.29, 1.82) is 0 Å². The Morgan fingerprint density at radius 1 is 1.00 bits per heavy atom. The largest absolute Gasteiger partial charge is 0.484 e. The Morgan fingerprint density at radius 3 is 2.25 bits per heavy atom. The lowest BCUT2D eigenvalue weighted by Gasteiger charge is -2.17. The van der Waals surface area contributed by atoms with Gasteiger partial charge in [0, 0.05) is 6.42 Å². The summed E-state index contributed by atoms with van der Waals surface area (Å²) in [5.74, 6) is -0.217. The smallest absolute Gasteiger partial charge is 0.328 e. The van der Waals surface area contributed by atoms with Crippen LogP contribution in [0.4, 0.5) is 0 Å². The van der Waals surface area contributed by atoms with Gasteiger partial charge in [0.1, 0.15) is 11.8 Å². The minimum Gasteiger partial charge on any atom is -0.484 e. The quantitative estimate of drug-likeness (QED) is 0.756. The highest BCUT2D eigenvalue weighted by Crippen LogP contribution is 2.08. The van der Waals surface area contributed by atoms with Crippen LogP contribution in [0.25, 0.3) is 0 Å². The molecule has 5 heteroatoms. The molecule has 126 valence electrons. The van der Waals surface area contributed by atoms with E-state index in [0.29, 0.717) is 12.2 Å². The lowest BCUT2D eigenvalue weighted by molar-refractivity contribution is -0.147. The highest BCUT2D eigenvalue weighted by atomic mass is 16.5. The summed E-state index contributed by atoms with van der Waals surface area (Å²) in [4.78, 5) is 24.2. The van der Waals surface area contributed by atoms with Crippen LogP contribution in [0.3, 0.4) is 0 Å². The van der Waals surface area contributed by atoms with Gasteiger partial charge in [0.2, 0.25) is 0 Å². The summed E-state index contributed by atoms with van der Waals surface area (Å²) in [6.45, 7) is 1.84. The molecule has 2 aromatic carbocycles. The third-order valence-electron chi connectivity index (χ3n) is 3.30. The van der Waals surface area contributed by atoms with Gasteiger partial charge in [0.25, 0.3) is 5.91 Å². The molecular weight excluding hydrogens is 306 g/mol. The highest BCUT2D eigenvalue weighted by Gasteiger charge is 2.22. The fourth-order valence-electron chi connectivity index (χ4n) is 2.19. The molecule has 0 aliphatic rings. The number of hydrogen-bond donors (Lipinski definition) is 1. The molecule has 0 aliphatic heterocycles. The first-order chi connectivity index (χ1) is 11.7. The van der Waals surface area contributed by atoms with Gasteiger partial charge in [-0.25, -0.2) is 4.79 Å². The molecule has 0 aromatic heterocycles. The van der Waals surface area contributed by atoms with Crippen LogP contribution in [-0.2, 0) is 20.7 Å². The van der Waals surface area contributed by atoms with Crippen molar-refractivity contribution in [2.24, 2.45) is 0 Å². The van der Waals surface area contributed by atoms with Crippen molar-refractivity contribution in [2.45, 2.75) is 19.4 Å². The van der Waals surface area contributed by atoms with E-state index in [9.17, 15) is 9.59 Å². The first-order valence-electron chi connectivity index (χ1n) is 7.87.